The number of carbonyl (C=O) groups is 1. The summed E-state index contributed by atoms with van der Waals surface area (Å²) in [6, 6.07) is 7.94. The number of hydrogen-bond donors (Lipinski definition) is 3. The van der Waals surface area contributed by atoms with Gasteiger partial charge in [-0.05, 0) is 43.9 Å². The third-order valence-electron chi connectivity index (χ3n) is 3.98. The van der Waals surface area contributed by atoms with Gasteiger partial charge in [0.05, 0.1) is 6.54 Å². The van der Waals surface area contributed by atoms with E-state index in [4.69, 9.17) is 0 Å². The lowest BCUT2D eigenvalue weighted by Gasteiger charge is -2.24. The molecule has 0 bridgehead atoms. The van der Waals surface area contributed by atoms with Crippen molar-refractivity contribution in [1.82, 2.24) is 10.6 Å². The summed E-state index contributed by atoms with van der Waals surface area (Å²) in [6.07, 6.45) is 4.27. The molecule has 0 saturated heterocycles. The van der Waals surface area contributed by atoms with E-state index in [1.807, 2.05) is 24.3 Å². The number of nitrogens with one attached hydrogen (secondary N) is 3. The van der Waals surface area contributed by atoms with Crippen LogP contribution < -0.4 is 16.0 Å². The van der Waals surface area contributed by atoms with Crippen LogP contribution in [0.3, 0.4) is 0 Å². The lowest BCUT2D eigenvalue weighted by atomic mass is 9.85. The Morgan fingerprint density at radius 2 is 2.09 bits per heavy atom. The second-order valence-corrected chi connectivity index (χ2v) is 5.94. The summed E-state index contributed by atoms with van der Waals surface area (Å²) < 4.78 is 0. The van der Waals surface area contributed by atoms with Gasteiger partial charge in [-0.15, -0.1) is 0 Å². The minimum Gasteiger partial charge on any atom is -0.357 e. The molecule has 1 amide bonds. The van der Waals surface area contributed by atoms with Gasteiger partial charge in [-0.2, -0.15) is 0 Å². The average molecular weight is 316 g/mol. The van der Waals surface area contributed by atoms with Crippen LogP contribution in [0.5, 0.6) is 0 Å². The number of aliphatic imine (C=N–C) groups is 1. The topological polar surface area (TPSA) is 65.5 Å². The Kier molecular flexibility index (Phi) is 6.91. The molecule has 23 heavy (non-hydrogen) atoms. The van der Waals surface area contributed by atoms with Gasteiger partial charge in [0, 0.05) is 24.7 Å². The Morgan fingerprint density at radius 3 is 2.74 bits per heavy atom. The number of guanidine groups is 1. The van der Waals surface area contributed by atoms with E-state index in [0.717, 1.165) is 49.6 Å². The van der Waals surface area contributed by atoms with E-state index in [0.29, 0.717) is 6.54 Å². The van der Waals surface area contributed by atoms with Gasteiger partial charge in [0.15, 0.2) is 5.96 Å². The molecule has 1 aliphatic rings. The summed E-state index contributed by atoms with van der Waals surface area (Å²) >= 11 is 0. The van der Waals surface area contributed by atoms with Gasteiger partial charge in [0.25, 0.3) is 0 Å². The van der Waals surface area contributed by atoms with Gasteiger partial charge < -0.3 is 16.0 Å². The highest BCUT2D eigenvalue weighted by atomic mass is 16.1. The molecule has 5 heteroatoms. The van der Waals surface area contributed by atoms with Gasteiger partial charge in [0.1, 0.15) is 0 Å². The van der Waals surface area contributed by atoms with Crippen LogP contribution in [0.25, 0.3) is 0 Å². The SMILES string of the molecule is CCCNC(=NCc1cccc(NC(=O)C2CCC2)c1)NCC. The van der Waals surface area contributed by atoms with Crippen molar-refractivity contribution < 1.29 is 4.79 Å². The Morgan fingerprint density at radius 1 is 1.26 bits per heavy atom. The highest BCUT2D eigenvalue weighted by Crippen LogP contribution is 2.27. The van der Waals surface area contributed by atoms with E-state index in [1.165, 1.54) is 6.42 Å². The fourth-order valence-electron chi connectivity index (χ4n) is 2.42. The smallest absolute Gasteiger partial charge is 0.227 e. The molecule has 126 valence electrons. The van der Waals surface area contributed by atoms with Gasteiger partial charge in [-0.25, -0.2) is 4.99 Å². The number of nitrogens with zero attached hydrogens (tertiary/aromatic N) is 1. The van der Waals surface area contributed by atoms with Crippen LogP contribution in [0.1, 0.15) is 45.1 Å². The molecule has 0 radical (unpaired) electrons. The van der Waals surface area contributed by atoms with E-state index < -0.39 is 0 Å². The number of hydrogen-bond acceptors (Lipinski definition) is 2. The number of carbonyl (C=O) groups excluding carboxylic acids is 1. The molecule has 1 fully saturated rings. The Labute approximate surface area is 139 Å². The van der Waals surface area contributed by atoms with Gasteiger partial charge >= 0.3 is 0 Å². The number of amides is 1. The minimum absolute atomic E-state index is 0.148. The molecule has 0 heterocycles. The highest BCUT2D eigenvalue weighted by Gasteiger charge is 2.25. The fourth-order valence-corrected chi connectivity index (χ4v) is 2.42. The van der Waals surface area contributed by atoms with Crippen molar-refractivity contribution in [3.05, 3.63) is 29.8 Å². The third kappa shape index (κ3) is 5.58. The zero-order valence-corrected chi connectivity index (χ0v) is 14.2. The van der Waals surface area contributed by atoms with E-state index in [9.17, 15) is 4.79 Å². The molecule has 5 nitrogen and oxygen atoms in total. The first-order valence-electron chi connectivity index (χ1n) is 8.65. The van der Waals surface area contributed by atoms with Crippen LogP contribution in [0.4, 0.5) is 5.69 Å². The monoisotopic (exact) mass is 316 g/mol. The first kappa shape index (κ1) is 17.3. The fraction of sp³-hybridized carbons (Fsp3) is 0.556. The number of rotatable bonds is 7. The van der Waals surface area contributed by atoms with Crippen molar-refractivity contribution in [2.24, 2.45) is 10.9 Å². The van der Waals surface area contributed by atoms with Crippen molar-refractivity contribution in [2.75, 3.05) is 18.4 Å². The van der Waals surface area contributed by atoms with Crippen molar-refractivity contribution in [3.8, 4) is 0 Å². The summed E-state index contributed by atoms with van der Waals surface area (Å²) in [4.78, 5) is 16.6. The molecule has 1 saturated carbocycles. The zero-order chi connectivity index (χ0) is 16.5. The highest BCUT2D eigenvalue weighted by molar-refractivity contribution is 5.93. The summed E-state index contributed by atoms with van der Waals surface area (Å²) in [6.45, 7) is 6.52. The van der Waals surface area contributed by atoms with E-state index >= 15 is 0 Å². The maximum Gasteiger partial charge on any atom is 0.227 e. The average Bonchev–Trinajstić information content (AvgIpc) is 2.48. The maximum atomic E-state index is 12.0. The molecule has 1 aromatic rings. The number of anilines is 1. The van der Waals surface area contributed by atoms with Crippen LogP contribution in [-0.4, -0.2) is 25.0 Å². The molecule has 2 rings (SSSR count). The van der Waals surface area contributed by atoms with Crippen LogP contribution in [0.15, 0.2) is 29.3 Å². The maximum absolute atomic E-state index is 12.0. The molecule has 1 aliphatic carbocycles. The first-order chi connectivity index (χ1) is 11.2. The molecule has 3 N–H and O–H groups in total. The molecule has 1 aromatic carbocycles. The molecule has 0 atom stereocenters. The Balaban J connectivity index is 1.93. The summed E-state index contributed by atoms with van der Waals surface area (Å²) in [5, 5.41) is 9.53. The summed E-state index contributed by atoms with van der Waals surface area (Å²) in [5.74, 6) is 1.18. The molecular weight excluding hydrogens is 288 g/mol. The number of benzene rings is 1. The first-order valence-corrected chi connectivity index (χ1v) is 8.65. The lowest BCUT2D eigenvalue weighted by molar-refractivity contribution is -0.122. The Bertz CT molecular complexity index is 538. The predicted octanol–water partition coefficient (Wildman–Crippen LogP) is 2.89. The lowest BCUT2D eigenvalue weighted by Crippen LogP contribution is -2.37. The molecule has 0 spiro atoms. The van der Waals surface area contributed by atoms with Gasteiger partial charge in [-0.1, -0.05) is 25.5 Å². The summed E-state index contributed by atoms with van der Waals surface area (Å²) in [7, 11) is 0. The van der Waals surface area contributed by atoms with E-state index in [-0.39, 0.29) is 11.8 Å². The summed E-state index contributed by atoms with van der Waals surface area (Å²) in [5.41, 5.74) is 1.95. The second-order valence-electron chi connectivity index (χ2n) is 5.94. The zero-order valence-electron chi connectivity index (χ0n) is 14.2. The van der Waals surface area contributed by atoms with Crippen molar-refractivity contribution in [1.29, 1.82) is 0 Å². The molecular formula is C18H28N4O. The minimum atomic E-state index is 0.148. The van der Waals surface area contributed by atoms with Crippen LogP contribution in [0, 0.1) is 5.92 Å². The largest absolute Gasteiger partial charge is 0.357 e. The normalized spacial score (nSPS) is 15.0. The van der Waals surface area contributed by atoms with Crippen LogP contribution >= 0.6 is 0 Å². The van der Waals surface area contributed by atoms with Gasteiger partial charge in [-0.3, -0.25) is 4.79 Å². The van der Waals surface area contributed by atoms with E-state index in [1.54, 1.807) is 0 Å². The van der Waals surface area contributed by atoms with Crippen molar-refractivity contribution in [2.45, 2.75) is 46.1 Å². The molecule has 0 aliphatic heterocycles. The van der Waals surface area contributed by atoms with Crippen LogP contribution in [0.2, 0.25) is 0 Å². The quantitative estimate of drug-likeness (QED) is 0.535. The van der Waals surface area contributed by atoms with Gasteiger partial charge in [0.2, 0.25) is 5.91 Å². The molecule has 0 aromatic heterocycles. The van der Waals surface area contributed by atoms with Crippen molar-refractivity contribution >= 4 is 17.6 Å². The standard InChI is InChI=1S/C18H28N4O/c1-3-11-20-18(19-4-2)21-13-14-7-5-10-16(12-14)22-17(23)15-8-6-9-15/h5,7,10,12,15H,3-4,6,8-9,11,13H2,1-2H3,(H,22,23)(H2,19,20,21). The third-order valence-corrected chi connectivity index (χ3v) is 3.98. The van der Waals surface area contributed by atoms with Crippen molar-refractivity contribution in [3.63, 3.8) is 0 Å². The predicted molar refractivity (Wildman–Crippen MR) is 95.5 cm³/mol. The van der Waals surface area contributed by atoms with Crippen LogP contribution in [-0.2, 0) is 11.3 Å². The van der Waals surface area contributed by atoms with E-state index in [2.05, 4.69) is 34.8 Å². The second kappa shape index (κ2) is 9.18. The Hall–Kier alpha value is -2.04. The molecule has 0 unspecified atom stereocenters.